The molecule has 3 amide bonds. The van der Waals surface area contributed by atoms with E-state index in [-0.39, 0.29) is 43.5 Å². The van der Waals surface area contributed by atoms with Gasteiger partial charge in [-0.25, -0.2) is 4.79 Å². The number of hydrogen-bond acceptors (Lipinski definition) is 8. The number of rotatable bonds is 12. The molecule has 0 spiro atoms. The largest absolute Gasteiger partial charge is 0.456 e. The van der Waals surface area contributed by atoms with Crippen molar-refractivity contribution in [3.63, 3.8) is 0 Å². The Bertz CT molecular complexity index is 1970. The van der Waals surface area contributed by atoms with Crippen molar-refractivity contribution in [2.75, 3.05) is 27.2 Å². The van der Waals surface area contributed by atoms with E-state index in [1.807, 2.05) is 60.7 Å². The highest BCUT2D eigenvalue weighted by atomic mass is 16.8. The number of ether oxygens (including phenoxy) is 3. The first-order valence-corrected chi connectivity index (χ1v) is 17.3. The van der Waals surface area contributed by atoms with E-state index in [2.05, 4.69) is 10.6 Å². The summed E-state index contributed by atoms with van der Waals surface area (Å²) in [5, 5.41) is 14.6. The first kappa shape index (κ1) is 36.9. The van der Waals surface area contributed by atoms with Crippen LogP contribution in [0, 0.1) is 0 Å². The predicted molar refractivity (Wildman–Crippen MR) is 197 cm³/mol. The quantitative estimate of drug-likeness (QED) is 0.145. The average Bonchev–Trinajstić information content (AvgIpc) is 3.60. The minimum atomic E-state index is -1.37. The summed E-state index contributed by atoms with van der Waals surface area (Å²) in [6.07, 6.45) is 2.19. The lowest BCUT2D eigenvalue weighted by molar-refractivity contribution is -0.157. The average molecular weight is 716 g/mol. The van der Waals surface area contributed by atoms with Crippen LogP contribution in [-0.4, -0.2) is 79.3 Å². The number of nitrogens with zero attached hydrogens (tertiary/aromatic N) is 1. The first-order valence-electron chi connectivity index (χ1n) is 17.3. The van der Waals surface area contributed by atoms with Crippen LogP contribution in [-0.2, 0) is 36.1 Å². The van der Waals surface area contributed by atoms with Crippen molar-refractivity contribution in [1.29, 1.82) is 0 Å². The van der Waals surface area contributed by atoms with Gasteiger partial charge in [-0.2, -0.15) is 0 Å². The van der Waals surface area contributed by atoms with Crippen molar-refractivity contribution < 1.29 is 38.5 Å². The second-order valence-electron chi connectivity index (χ2n) is 12.9. The maximum absolute atomic E-state index is 13.9. The molecular weight excluding hydrogens is 674 g/mol. The molecule has 1 aliphatic heterocycles. The van der Waals surface area contributed by atoms with E-state index in [0.29, 0.717) is 22.3 Å². The van der Waals surface area contributed by atoms with Crippen LogP contribution in [0.3, 0.4) is 0 Å². The van der Waals surface area contributed by atoms with Crippen LogP contribution < -0.4 is 10.6 Å². The maximum atomic E-state index is 13.9. The lowest BCUT2D eigenvalue weighted by Crippen LogP contribution is -2.43. The highest BCUT2D eigenvalue weighted by Crippen LogP contribution is 2.47. The van der Waals surface area contributed by atoms with Crippen LogP contribution >= 0.6 is 0 Å². The molecule has 4 aromatic rings. The Kier molecular flexibility index (Phi) is 11.6. The third-order valence-electron chi connectivity index (χ3n) is 9.01. The van der Waals surface area contributed by atoms with Gasteiger partial charge in [0.25, 0.3) is 5.91 Å². The highest BCUT2D eigenvalue weighted by Gasteiger charge is 2.55. The molecule has 1 fully saturated rings. The molecule has 272 valence electrons. The van der Waals surface area contributed by atoms with E-state index in [0.717, 1.165) is 11.1 Å². The van der Waals surface area contributed by atoms with Crippen molar-refractivity contribution in [3.05, 3.63) is 160 Å². The van der Waals surface area contributed by atoms with E-state index in [1.165, 1.54) is 11.0 Å². The summed E-state index contributed by atoms with van der Waals surface area (Å²) in [7, 11) is 3.28. The number of aliphatic hydroxyl groups excluding tert-OH is 1. The number of nitrogens with one attached hydrogen (secondary N) is 2. The number of hydrogen-bond donors (Lipinski definition) is 3. The number of amides is 3. The Morgan fingerprint density at radius 3 is 2.21 bits per heavy atom. The van der Waals surface area contributed by atoms with E-state index in [9.17, 15) is 19.2 Å². The summed E-state index contributed by atoms with van der Waals surface area (Å²) in [5.41, 5.74) is 3.62. The van der Waals surface area contributed by atoms with Gasteiger partial charge in [-0.3, -0.25) is 14.4 Å². The number of benzene rings is 4. The van der Waals surface area contributed by atoms with Gasteiger partial charge in [-0.15, -0.1) is 0 Å². The van der Waals surface area contributed by atoms with Gasteiger partial charge in [-0.1, -0.05) is 91.0 Å². The molecule has 3 atom stereocenters. The molecule has 0 bridgehead atoms. The lowest BCUT2D eigenvalue weighted by Gasteiger charge is -2.31. The van der Waals surface area contributed by atoms with Gasteiger partial charge in [0.05, 0.1) is 12.2 Å². The van der Waals surface area contributed by atoms with Gasteiger partial charge in [-0.05, 0) is 41.5 Å². The third-order valence-corrected chi connectivity index (χ3v) is 9.01. The summed E-state index contributed by atoms with van der Waals surface area (Å²) >= 11 is 0. The SMILES string of the molecule is CN(C)C(=O)C=Cc1ccccc1C(=O)OC1CC(C(=O)NCc2cccc(C(=O)NCCO)c2)=CC2OC(c3ccccc3)(c3ccccc3)OC21. The van der Waals surface area contributed by atoms with E-state index < -0.39 is 36.0 Å². The lowest BCUT2D eigenvalue weighted by atomic mass is 9.91. The van der Waals surface area contributed by atoms with Crippen molar-refractivity contribution in [1.82, 2.24) is 15.5 Å². The normalized spacial score (nSPS) is 18.8. The Morgan fingerprint density at radius 2 is 1.53 bits per heavy atom. The fraction of sp³-hybridized carbons (Fsp3) is 0.238. The number of likely N-dealkylation sites (N-methyl/N-ethyl adjacent to an activating group) is 1. The van der Waals surface area contributed by atoms with Crippen LogP contribution in [0.4, 0.5) is 0 Å². The van der Waals surface area contributed by atoms with E-state index in [1.54, 1.807) is 74.8 Å². The van der Waals surface area contributed by atoms with Gasteiger partial charge in [0.15, 0.2) is 0 Å². The molecule has 0 saturated carbocycles. The molecule has 3 N–H and O–H groups in total. The fourth-order valence-corrected chi connectivity index (χ4v) is 6.32. The van der Waals surface area contributed by atoms with Gasteiger partial charge in [0.2, 0.25) is 17.6 Å². The molecule has 2 aliphatic rings. The monoisotopic (exact) mass is 715 g/mol. The smallest absolute Gasteiger partial charge is 0.339 e. The topological polar surface area (TPSA) is 144 Å². The van der Waals surface area contributed by atoms with Gasteiger partial charge >= 0.3 is 5.97 Å². The predicted octanol–water partition coefficient (Wildman–Crippen LogP) is 4.37. The number of esters is 1. The molecule has 1 heterocycles. The number of fused-ring (bicyclic) bond motifs is 1. The molecule has 3 unspecified atom stereocenters. The van der Waals surface area contributed by atoms with Crippen LogP contribution in [0.25, 0.3) is 6.08 Å². The Balaban J connectivity index is 1.30. The third kappa shape index (κ3) is 8.44. The van der Waals surface area contributed by atoms with Crippen molar-refractivity contribution >= 4 is 29.8 Å². The second kappa shape index (κ2) is 16.6. The molecule has 1 saturated heterocycles. The Morgan fingerprint density at radius 1 is 0.849 bits per heavy atom. The molecule has 11 nitrogen and oxygen atoms in total. The molecule has 11 heteroatoms. The molecular formula is C42H41N3O8. The van der Waals surface area contributed by atoms with E-state index >= 15 is 0 Å². The van der Waals surface area contributed by atoms with Crippen molar-refractivity contribution in [2.24, 2.45) is 0 Å². The van der Waals surface area contributed by atoms with Crippen LogP contribution in [0.5, 0.6) is 0 Å². The molecule has 1 aliphatic carbocycles. The molecule has 53 heavy (non-hydrogen) atoms. The summed E-state index contributed by atoms with van der Waals surface area (Å²) in [6, 6.07) is 32.6. The Labute approximate surface area is 307 Å². The number of carbonyl (C=O) groups excluding carboxylic acids is 4. The Hall–Kier alpha value is -5.88. The number of carbonyl (C=O) groups is 4. The summed E-state index contributed by atoms with van der Waals surface area (Å²) in [5.74, 6) is -2.99. The molecule has 4 aromatic carbocycles. The van der Waals surface area contributed by atoms with Crippen LogP contribution in [0.15, 0.2) is 127 Å². The highest BCUT2D eigenvalue weighted by molar-refractivity contribution is 5.98. The summed E-state index contributed by atoms with van der Waals surface area (Å²) in [4.78, 5) is 53.9. The standard InChI is InChI=1S/C42H41N3O8/c1-45(2)37(47)21-20-29-13-9-10-19-34(29)41(50)51-35-25-31(40(49)44-27-28-12-11-14-30(24-28)39(48)43-22-23-46)26-36-38(35)53-42(52-36,32-15-5-3-6-16-32)33-17-7-4-8-18-33/h3-21,24,26,35-36,38,46H,22-23,25,27H2,1-2H3,(H,43,48)(H,44,49). The van der Waals surface area contributed by atoms with Crippen molar-refractivity contribution in [3.8, 4) is 0 Å². The molecule has 0 aromatic heterocycles. The maximum Gasteiger partial charge on any atom is 0.339 e. The zero-order chi connectivity index (χ0) is 37.4. The first-order chi connectivity index (χ1) is 25.7. The van der Waals surface area contributed by atoms with Crippen LogP contribution in [0.2, 0.25) is 0 Å². The number of aliphatic hydroxyl groups is 1. The summed E-state index contributed by atoms with van der Waals surface area (Å²) in [6.45, 7) is 0.0705. The minimum absolute atomic E-state index is 0.0302. The molecule has 6 rings (SSSR count). The van der Waals surface area contributed by atoms with Crippen molar-refractivity contribution in [2.45, 2.75) is 37.1 Å². The van der Waals surface area contributed by atoms with Gasteiger partial charge in [0.1, 0.15) is 18.3 Å². The van der Waals surface area contributed by atoms with Crippen LogP contribution in [0.1, 0.15) is 49.4 Å². The zero-order valence-electron chi connectivity index (χ0n) is 29.4. The molecule has 0 radical (unpaired) electrons. The van der Waals surface area contributed by atoms with E-state index in [4.69, 9.17) is 19.3 Å². The second-order valence-corrected chi connectivity index (χ2v) is 12.9. The summed E-state index contributed by atoms with van der Waals surface area (Å²) < 4.78 is 19.8. The zero-order valence-corrected chi connectivity index (χ0v) is 29.4. The van der Waals surface area contributed by atoms with Gasteiger partial charge < -0.3 is 34.9 Å². The fourth-order valence-electron chi connectivity index (χ4n) is 6.32. The van der Waals surface area contributed by atoms with Gasteiger partial charge in [0, 0.05) is 61.9 Å². The minimum Gasteiger partial charge on any atom is -0.456 e.